The van der Waals surface area contributed by atoms with Crippen LogP contribution < -0.4 is 10.2 Å². The average molecular weight is 346 g/mol. The van der Waals surface area contributed by atoms with Crippen LogP contribution in [0.4, 0.5) is 11.4 Å². The molecule has 1 N–H and O–H groups in total. The Hall–Kier alpha value is -2.88. The molecule has 2 unspecified atom stereocenters. The van der Waals surface area contributed by atoms with E-state index >= 15 is 0 Å². The Morgan fingerprint density at radius 2 is 1.73 bits per heavy atom. The Morgan fingerprint density at radius 3 is 2.46 bits per heavy atom. The average Bonchev–Trinajstić information content (AvgIpc) is 2.76. The fourth-order valence-corrected chi connectivity index (χ4v) is 4.08. The van der Waals surface area contributed by atoms with Crippen LogP contribution in [0.15, 0.2) is 65.9 Å². The number of rotatable bonds is 1. The van der Waals surface area contributed by atoms with Gasteiger partial charge in [0.1, 0.15) is 0 Å². The summed E-state index contributed by atoms with van der Waals surface area (Å²) in [6.07, 6.45) is 1.33. The topological polar surface area (TPSA) is 49.4 Å². The smallest absolute Gasteiger partial charge is 0.224 e. The number of allylic oxidation sites excluding steroid dienone is 1. The van der Waals surface area contributed by atoms with Gasteiger partial charge in [-0.25, -0.2) is 0 Å². The van der Waals surface area contributed by atoms with E-state index in [4.69, 9.17) is 0 Å². The minimum atomic E-state index is -0.403. The molecule has 132 valence electrons. The molecule has 0 spiro atoms. The maximum absolute atomic E-state index is 13.1. The molecule has 0 radical (unpaired) electrons. The zero-order chi connectivity index (χ0) is 18.3. The number of nitrogens with one attached hydrogen (secondary N) is 1. The molecule has 1 aliphatic heterocycles. The van der Waals surface area contributed by atoms with Gasteiger partial charge in [0.15, 0.2) is 5.78 Å². The molecular formula is C22H22N2O2. The number of carbonyl (C=O) groups excluding carboxylic acids is 2. The Morgan fingerprint density at radius 1 is 1.04 bits per heavy atom. The van der Waals surface area contributed by atoms with Crippen LogP contribution in [0, 0.1) is 5.92 Å². The largest absolute Gasteiger partial charge is 0.357 e. The first-order valence-corrected chi connectivity index (χ1v) is 9.03. The van der Waals surface area contributed by atoms with E-state index in [0.717, 1.165) is 34.6 Å². The first-order chi connectivity index (χ1) is 12.6. The summed E-state index contributed by atoms with van der Waals surface area (Å²) < 4.78 is 0. The summed E-state index contributed by atoms with van der Waals surface area (Å²) in [7, 11) is 0. The van der Waals surface area contributed by atoms with Crippen LogP contribution in [0.3, 0.4) is 0 Å². The summed E-state index contributed by atoms with van der Waals surface area (Å²) in [5.41, 5.74) is 4.30. The number of Topliss-reactive ketones (excluding diaryl/α,β-unsaturated/α-hetero) is 1. The number of nitrogens with zero attached hydrogens (tertiary/aromatic N) is 1. The minimum Gasteiger partial charge on any atom is -0.357 e. The van der Waals surface area contributed by atoms with Gasteiger partial charge in [0.2, 0.25) is 5.91 Å². The van der Waals surface area contributed by atoms with Gasteiger partial charge in [-0.3, -0.25) is 14.5 Å². The van der Waals surface area contributed by atoms with Crippen molar-refractivity contribution in [3.63, 3.8) is 0 Å². The van der Waals surface area contributed by atoms with E-state index in [9.17, 15) is 9.59 Å². The van der Waals surface area contributed by atoms with Crippen LogP contribution in [-0.2, 0) is 9.59 Å². The molecule has 4 rings (SSSR count). The molecule has 0 fully saturated rings. The summed E-state index contributed by atoms with van der Waals surface area (Å²) in [5, 5.41) is 3.47. The van der Waals surface area contributed by atoms with Crippen molar-refractivity contribution in [2.45, 2.75) is 32.7 Å². The second-order valence-corrected chi connectivity index (χ2v) is 7.17. The fourth-order valence-electron chi connectivity index (χ4n) is 4.08. The third-order valence-electron chi connectivity index (χ3n) is 5.15. The van der Waals surface area contributed by atoms with Crippen molar-refractivity contribution in [1.29, 1.82) is 0 Å². The first-order valence-electron chi connectivity index (χ1n) is 9.03. The lowest BCUT2D eigenvalue weighted by atomic mass is 9.81. The second-order valence-electron chi connectivity index (χ2n) is 7.17. The summed E-state index contributed by atoms with van der Waals surface area (Å²) in [6, 6.07) is 17.2. The zero-order valence-corrected chi connectivity index (χ0v) is 15.0. The number of carbonyl (C=O) groups is 2. The quantitative estimate of drug-likeness (QED) is 0.829. The highest BCUT2D eigenvalue weighted by Gasteiger charge is 2.39. The van der Waals surface area contributed by atoms with Crippen molar-refractivity contribution >= 4 is 23.1 Å². The summed E-state index contributed by atoms with van der Waals surface area (Å²) in [5.74, 6) is 0.341. The summed E-state index contributed by atoms with van der Waals surface area (Å²) in [4.78, 5) is 27.5. The standard InChI is InChI=1S/C22H22N2O2/c1-14-12-18-21(20(26)13-14)22(16-8-4-3-5-9-16)24(15(2)25)19-11-7-6-10-17(19)23-18/h3-11,14,22-23H,12-13H2,1-2H3. The van der Waals surface area contributed by atoms with Crippen molar-refractivity contribution < 1.29 is 9.59 Å². The van der Waals surface area contributed by atoms with Crippen LogP contribution in [0.25, 0.3) is 0 Å². The van der Waals surface area contributed by atoms with Gasteiger partial charge in [-0.15, -0.1) is 0 Å². The van der Waals surface area contributed by atoms with E-state index < -0.39 is 6.04 Å². The van der Waals surface area contributed by atoms with Gasteiger partial charge in [-0.05, 0) is 30.0 Å². The third kappa shape index (κ3) is 2.71. The number of ketones is 1. The molecule has 1 amide bonds. The maximum atomic E-state index is 13.1. The normalized spacial score (nSPS) is 22.2. The van der Waals surface area contributed by atoms with Crippen LogP contribution in [-0.4, -0.2) is 11.7 Å². The van der Waals surface area contributed by atoms with E-state index in [2.05, 4.69) is 12.2 Å². The molecule has 2 aromatic carbocycles. The lowest BCUT2D eigenvalue weighted by molar-refractivity contribution is -0.117. The van der Waals surface area contributed by atoms with Gasteiger partial charge in [-0.2, -0.15) is 0 Å². The van der Waals surface area contributed by atoms with Gasteiger partial charge in [-0.1, -0.05) is 49.4 Å². The van der Waals surface area contributed by atoms with E-state index in [-0.39, 0.29) is 11.7 Å². The molecule has 4 nitrogen and oxygen atoms in total. The van der Waals surface area contributed by atoms with Crippen molar-refractivity contribution in [3.05, 3.63) is 71.4 Å². The molecule has 0 aromatic heterocycles. The highest BCUT2D eigenvalue weighted by Crippen LogP contribution is 2.45. The lowest BCUT2D eigenvalue weighted by Crippen LogP contribution is -2.37. The van der Waals surface area contributed by atoms with Gasteiger partial charge >= 0.3 is 0 Å². The number of anilines is 2. The predicted octanol–water partition coefficient (Wildman–Crippen LogP) is 4.46. The Bertz CT molecular complexity index is 901. The van der Waals surface area contributed by atoms with Gasteiger partial charge < -0.3 is 5.32 Å². The van der Waals surface area contributed by atoms with E-state index in [1.54, 1.807) is 11.8 Å². The monoisotopic (exact) mass is 346 g/mol. The summed E-state index contributed by atoms with van der Waals surface area (Å²) in [6.45, 7) is 3.66. The molecule has 0 bridgehead atoms. The third-order valence-corrected chi connectivity index (χ3v) is 5.15. The Labute approximate surface area is 153 Å². The second kappa shape index (κ2) is 6.45. The highest BCUT2D eigenvalue weighted by atomic mass is 16.2. The Kier molecular flexibility index (Phi) is 4.11. The van der Waals surface area contributed by atoms with Crippen molar-refractivity contribution in [2.24, 2.45) is 5.92 Å². The van der Waals surface area contributed by atoms with Crippen molar-refractivity contribution in [1.82, 2.24) is 0 Å². The molecular weight excluding hydrogens is 324 g/mol. The van der Waals surface area contributed by atoms with E-state index in [1.807, 2.05) is 54.6 Å². The molecule has 2 aliphatic rings. The Balaban J connectivity index is 2.00. The van der Waals surface area contributed by atoms with Crippen LogP contribution in [0.2, 0.25) is 0 Å². The molecule has 1 aliphatic carbocycles. The van der Waals surface area contributed by atoms with Gasteiger partial charge in [0.25, 0.3) is 0 Å². The molecule has 0 saturated heterocycles. The van der Waals surface area contributed by atoms with E-state index in [0.29, 0.717) is 12.3 Å². The molecule has 0 saturated carbocycles. The summed E-state index contributed by atoms with van der Waals surface area (Å²) >= 11 is 0. The predicted molar refractivity (Wildman–Crippen MR) is 103 cm³/mol. The number of benzene rings is 2. The van der Waals surface area contributed by atoms with Crippen LogP contribution >= 0.6 is 0 Å². The molecule has 4 heteroatoms. The van der Waals surface area contributed by atoms with Gasteiger partial charge in [0, 0.05) is 24.6 Å². The fraction of sp³-hybridized carbons (Fsp3) is 0.273. The highest BCUT2D eigenvalue weighted by molar-refractivity contribution is 6.05. The zero-order valence-electron chi connectivity index (χ0n) is 15.0. The van der Waals surface area contributed by atoms with Crippen molar-refractivity contribution in [2.75, 3.05) is 10.2 Å². The molecule has 2 aromatic rings. The first kappa shape index (κ1) is 16.6. The lowest BCUT2D eigenvalue weighted by Gasteiger charge is -2.34. The van der Waals surface area contributed by atoms with Crippen LogP contribution in [0.5, 0.6) is 0 Å². The number of fused-ring (bicyclic) bond motifs is 1. The van der Waals surface area contributed by atoms with E-state index in [1.165, 1.54) is 0 Å². The van der Waals surface area contributed by atoms with Crippen molar-refractivity contribution in [3.8, 4) is 0 Å². The van der Waals surface area contributed by atoms with Crippen LogP contribution in [0.1, 0.15) is 38.3 Å². The number of amides is 1. The molecule has 26 heavy (non-hydrogen) atoms. The van der Waals surface area contributed by atoms with Gasteiger partial charge in [0.05, 0.1) is 17.4 Å². The number of hydrogen-bond donors (Lipinski definition) is 1. The number of para-hydroxylation sites is 2. The molecule has 2 atom stereocenters. The minimum absolute atomic E-state index is 0.0757. The number of hydrogen-bond acceptors (Lipinski definition) is 3. The SMILES string of the molecule is CC(=O)N1c2ccccc2NC2=C(C(=O)CC(C)C2)C1c1ccccc1. The molecule has 1 heterocycles. The maximum Gasteiger partial charge on any atom is 0.224 e.